The molecule has 30 heavy (non-hydrogen) atoms. The number of amides is 1. The molecule has 5 nitrogen and oxygen atoms in total. The van der Waals surface area contributed by atoms with Crippen LogP contribution in [0.25, 0.3) is 0 Å². The van der Waals surface area contributed by atoms with Crippen LogP contribution in [-0.2, 0) is 0 Å². The third-order valence-electron chi connectivity index (χ3n) is 4.58. The molecule has 1 aliphatic rings. The quantitative estimate of drug-likeness (QED) is 0.484. The van der Waals surface area contributed by atoms with Crippen molar-refractivity contribution in [3.8, 4) is 0 Å². The van der Waals surface area contributed by atoms with Crippen molar-refractivity contribution in [2.24, 2.45) is 0 Å². The molecule has 0 bridgehead atoms. The van der Waals surface area contributed by atoms with Crippen molar-refractivity contribution in [1.82, 2.24) is 9.78 Å². The first-order chi connectivity index (χ1) is 14.1. The van der Waals surface area contributed by atoms with Gasteiger partial charge in [-0.05, 0) is 23.6 Å². The van der Waals surface area contributed by atoms with Gasteiger partial charge in [0, 0.05) is 17.4 Å². The average molecular weight is 463 g/mol. The van der Waals surface area contributed by atoms with Crippen LogP contribution in [0.2, 0.25) is 5.02 Å². The van der Waals surface area contributed by atoms with Gasteiger partial charge in [-0.15, -0.1) is 11.3 Å². The van der Waals surface area contributed by atoms with Gasteiger partial charge in [-0.25, -0.2) is 13.5 Å². The van der Waals surface area contributed by atoms with E-state index >= 15 is 0 Å². The van der Waals surface area contributed by atoms with Gasteiger partial charge in [0.2, 0.25) is 0 Å². The molecule has 1 amide bonds. The summed E-state index contributed by atoms with van der Waals surface area (Å²) in [6.45, 7) is 0. The van der Waals surface area contributed by atoms with E-state index in [1.165, 1.54) is 11.3 Å². The number of carbonyl (C=O) groups is 1. The molecular weight excluding hydrogens is 451 g/mol. The number of thiophene rings is 1. The number of aromatic nitrogens is 2. The molecule has 0 saturated carbocycles. The fourth-order valence-electron chi connectivity index (χ4n) is 3.18. The fraction of sp³-hybridized carbons (Fsp3) is 0.222. The summed E-state index contributed by atoms with van der Waals surface area (Å²) in [4.78, 5) is 13.2. The van der Waals surface area contributed by atoms with Crippen molar-refractivity contribution < 1.29 is 26.7 Å². The minimum absolute atomic E-state index is 0.159. The van der Waals surface area contributed by atoms with E-state index in [1.54, 1.807) is 17.5 Å². The van der Waals surface area contributed by atoms with Crippen molar-refractivity contribution in [2.45, 2.75) is 24.7 Å². The lowest BCUT2D eigenvalue weighted by atomic mass is 10.0. The number of benzene rings is 1. The molecule has 0 fully saturated rings. The maximum absolute atomic E-state index is 13.8. The smallest absolute Gasteiger partial charge is 0.361 e. The van der Waals surface area contributed by atoms with Crippen molar-refractivity contribution >= 4 is 40.4 Å². The van der Waals surface area contributed by atoms with Crippen LogP contribution in [0.15, 0.2) is 35.7 Å². The summed E-state index contributed by atoms with van der Waals surface area (Å²) in [5.74, 6) is -3.08. The first-order valence-corrected chi connectivity index (χ1v) is 9.82. The van der Waals surface area contributed by atoms with Crippen LogP contribution in [-0.4, -0.2) is 21.9 Å². The van der Waals surface area contributed by atoms with Crippen LogP contribution in [0, 0.1) is 11.6 Å². The Hall–Kier alpha value is -2.66. The molecule has 3 heterocycles. The Morgan fingerprint density at radius 1 is 1.30 bits per heavy atom. The highest BCUT2D eigenvalue weighted by Gasteiger charge is 2.48. The Labute approximate surface area is 175 Å². The molecule has 0 spiro atoms. The van der Waals surface area contributed by atoms with Crippen molar-refractivity contribution in [3.63, 3.8) is 0 Å². The zero-order valence-corrected chi connectivity index (χ0v) is 16.4. The summed E-state index contributed by atoms with van der Waals surface area (Å²) >= 11 is 7.47. The third kappa shape index (κ3) is 3.74. The second-order valence-corrected chi connectivity index (χ2v) is 7.90. The zero-order valence-electron chi connectivity index (χ0n) is 14.8. The van der Waals surface area contributed by atoms with E-state index < -0.39 is 41.5 Å². The summed E-state index contributed by atoms with van der Waals surface area (Å²) in [6, 6.07) is 3.18. The molecule has 0 radical (unpaired) electrons. The first kappa shape index (κ1) is 20.6. The normalized spacial score (nSPS) is 18.6. The van der Waals surface area contributed by atoms with E-state index in [2.05, 4.69) is 15.7 Å². The second-order valence-electron chi connectivity index (χ2n) is 6.54. The van der Waals surface area contributed by atoms with E-state index in [0.29, 0.717) is 15.6 Å². The Morgan fingerprint density at radius 2 is 2.07 bits per heavy atom. The molecule has 0 aliphatic carbocycles. The van der Waals surface area contributed by atoms with Gasteiger partial charge in [-0.1, -0.05) is 17.7 Å². The number of carbonyl (C=O) groups excluding carboxylic acids is 1. The molecule has 12 heteroatoms. The number of nitrogens with zero attached hydrogens (tertiary/aromatic N) is 2. The van der Waals surface area contributed by atoms with Crippen LogP contribution in [0.4, 0.5) is 33.5 Å². The number of anilines is 2. The summed E-state index contributed by atoms with van der Waals surface area (Å²) in [5.41, 5.74) is -0.871. The number of alkyl halides is 3. The van der Waals surface area contributed by atoms with Gasteiger partial charge in [0.15, 0.2) is 11.7 Å². The Morgan fingerprint density at radius 3 is 2.70 bits per heavy atom. The van der Waals surface area contributed by atoms with Crippen LogP contribution in [0.1, 0.15) is 33.9 Å². The number of hydrogen-bond donors (Lipinski definition) is 2. The highest BCUT2D eigenvalue weighted by Crippen LogP contribution is 2.46. The monoisotopic (exact) mass is 462 g/mol. The maximum atomic E-state index is 13.8. The van der Waals surface area contributed by atoms with Gasteiger partial charge in [-0.3, -0.25) is 4.79 Å². The molecule has 4 rings (SSSR count). The van der Waals surface area contributed by atoms with Crippen molar-refractivity contribution in [1.29, 1.82) is 0 Å². The second kappa shape index (κ2) is 7.55. The summed E-state index contributed by atoms with van der Waals surface area (Å²) in [5, 5.41) is 10.2. The van der Waals surface area contributed by atoms with Crippen LogP contribution in [0.3, 0.4) is 0 Å². The Kier molecular flexibility index (Phi) is 5.18. The van der Waals surface area contributed by atoms with Crippen LogP contribution >= 0.6 is 22.9 Å². The number of nitrogens with one attached hydrogen (secondary N) is 2. The minimum Gasteiger partial charge on any atom is -0.361 e. The van der Waals surface area contributed by atoms with E-state index in [-0.39, 0.29) is 22.9 Å². The molecule has 2 aromatic heterocycles. The lowest BCUT2D eigenvalue weighted by Crippen LogP contribution is -2.35. The Balaban J connectivity index is 1.70. The molecule has 0 saturated heterocycles. The molecular formula is C18H12ClF5N4OS. The molecule has 1 aromatic carbocycles. The van der Waals surface area contributed by atoms with Gasteiger partial charge in [-0.2, -0.15) is 18.3 Å². The van der Waals surface area contributed by atoms with E-state index in [9.17, 15) is 26.7 Å². The fourth-order valence-corrected chi connectivity index (χ4v) is 4.24. The highest BCUT2D eigenvalue weighted by atomic mass is 35.5. The topological polar surface area (TPSA) is 59.0 Å². The third-order valence-corrected chi connectivity index (χ3v) is 5.92. The van der Waals surface area contributed by atoms with E-state index in [4.69, 9.17) is 11.6 Å². The average Bonchev–Trinajstić information content (AvgIpc) is 3.31. The first-order valence-electron chi connectivity index (χ1n) is 8.56. The molecule has 158 valence electrons. The zero-order chi connectivity index (χ0) is 21.6. The van der Waals surface area contributed by atoms with E-state index in [0.717, 1.165) is 12.1 Å². The van der Waals surface area contributed by atoms with Gasteiger partial charge >= 0.3 is 6.18 Å². The molecule has 3 aromatic rings. The van der Waals surface area contributed by atoms with Gasteiger partial charge in [0.25, 0.3) is 5.91 Å². The number of hydrogen-bond acceptors (Lipinski definition) is 4. The maximum Gasteiger partial charge on any atom is 0.410 e. The molecule has 2 N–H and O–H groups in total. The van der Waals surface area contributed by atoms with Crippen molar-refractivity contribution in [2.75, 3.05) is 10.6 Å². The predicted molar refractivity (Wildman–Crippen MR) is 102 cm³/mol. The standard InChI is InChI=1S/C18H12ClF5N4OS/c19-14-15(17(29)26-10-4-3-8(20)6-9(10)21)27-28-13(18(22,23)24)7-11(25-16(14)28)12-2-1-5-30-12/h1-6,11,13,25H,7H2,(H,26,29)/t11-,13+/m1/s1. The Bertz CT molecular complexity index is 1100. The summed E-state index contributed by atoms with van der Waals surface area (Å²) < 4.78 is 68.6. The number of halogens is 6. The highest BCUT2D eigenvalue weighted by molar-refractivity contribution is 7.10. The van der Waals surface area contributed by atoms with Gasteiger partial charge in [0.05, 0.1) is 11.7 Å². The lowest BCUT2D eigenvalue weighted by Gasteiger charge is -2.32. The number of fused-ring (bicyclic) bond motifs is 1. The SMILES string of the molecule is O=C(Nc1ccc(F)cc1F)c1nn2c(c1Cl)N[C@@H](c1cccs1)C[C@H]2C(F)(F)F. The van der Waals surface area contributed by atoms with Crippen molar-refractivity contribution in [3.05, 3.63) is 62.9 Å². The molecule has 1 aliphatic heterocycles. The van der Waals surface area contributed by atoms with Gasteiger partial charge in [0.1, 0.15) is 22.5 Å². The summed E-state index contributed by atoms with van der Waals surface area (Å²) in [7, 11) is 0. The minimum atomic E-state index is -4.64. The number of rotatable bonds is 3. The summed E-state index contributed by atoms with van der Waals surface area (Å²) in [6.07, 6.45) is -4.98. The van der Waals surface area contributed by atoms with Crippen LogP contribution in [0.5, 0.6) is 0 Å². The lowest BCUT2D eigenvalue weighted by molar-refractivity contribution is -0.173. The van der Waals surface area contributed by atoms with Gasteiger partial charge < -0.3 is 10.6 Å². The molecule has 0 unspecified atom stereocenters. The largest absolute Gasteiger partial charge is 0.410 e. The predicted octanol–water partition coefficient (Wildman–Crippen LogP) is 5.79. The van der Waals surface area contributed by atoms with E-state index in [1.807, 2.05) is 0 Å². The van der Waals surface area contributed by atoms with Crippen LogP contribution < -0.4 is 10.6 Å². The molecule has 2 atom stereocenters.